The molecule has 1 aliphatic heterocycles. The summed E-state index contributed by atoms with van der Waals surface area (Å²) < 4.78 is 33.0. The number of sulfonamides is 1. The molecule has 0 saturated carbocycles. The summed E-state index contributed by atoms with van der Waals surface area (Å²) in [5.74, 6) is 2.50. The van der Waals surface area contributed by atoms with Gasteiger partial charge in [0.25, 0.3) is 0 Å². The molecule has 0 bridgehead atoms. The first kappa shape index (κ1) is 21.6. The Morgan fingerprint density at radius 1 is 1.03 bits per heavy atom. The molecule has 3 aromatic rings. The zero-order chi connectivity index (χ0) is 22.3. The molecule has 1 aromatic carbocycles. The van der Waals surface area contributed by atoms with Crippen molar-refractivity contribution in [3.63, 3.8) is 0 Å². The fourth-order valence-electron chi connectivity index (χ4n) is 4.61. The lowest BCUT2D eigenvalue weighted by Crippen LogP contribution is -2.49. The molecule has 2 aliphatic rings. The minimum atomic E-state index is -3.53. The lowest BCUT2D eigenvalue weighted by Gasteiger charge is -2.35. The van der Waals surface area contributed by atoms with Crippen molar-refractivity contribution in [1.29, 1.82) is 0 Å². The van der Waals surface area contributed by atoms with E-state index in [1.165, 1.54) is 28.7 Å². The van der Waals surface area contributed by atoms with Crippen molar-refractivity contribution in [2.24, 2.45) is 0 Å². The number of nitrogens with zero attached hydrogens (tertiary/aromatic N) is 4. The van der Waals surface area contributed by atoms with E-state index in [1.807, 2.05) is 11.3 Å². The number of methoxy groups -OCH3 is 1. The molecule has 0 radical (unpaired) electrons. The van der Waals surface area contributed by atoms with Gasteiger partial charge in [-0.25, -0.2) is 18.4 Å². The summed E-state index contributed by atoms with van der Waals surface area (Å²) in [6, 6.07) is 6.60. The van der Waals surface area contributed by atoms with Crippen molar-refractivity contribution in [3.8, 4) is 5.75 Å². The standard InChI is InChI=1S/C23H28N4O3S2/c1-3-20-24-22(21-18-6-4-5-7-19(18)31-23(21)25-20)26-12-14-27(15-13-26)32(28,29)17-10-8-16(30-2)9-11-17/h8-11H,3-7,12-15H2,1-2H3. The Kier molecular flexibility index (Phi) is 5.81. The smallest absolute Gasteiger partial charge is 0.243 e. The molecule has 1 fully saturated rings. The van der Waals surface area contributed by atoms with E-state index in [2.05, 4.69) is 11.8 Å². The first-order valence-electron chi connectivity index (χ1n) is 11.2. The third-order valence-corrected chi connectivity index (χ3v) is 9.49. The molecule has 2 aromatic heterocycles. The molecular weight excluding hydrogens is 444 g/mol. The lowest BCUT2D eigenvalue weighted by molar-refractivity contribution is 0.383. The number of hydrogen-bond acceptors (Lipinski definition) is 7. The zero-order valence-electron chi connectivity index (χ0n) is 18.5. The number of ether oxygens (including phenoxy) is 1. The molecule has 32 heavy (non-hydrogen) atoms. The normalized spacial score (nSPS) is 17.5. The minimum Gasteiger partial charge on any atom is -0.497 e. The second kappa shape index (κ2) is 8.61. The first-order chi connectivity index (χ1) is 15.5. The Labute approximate surface area is 193 Å². The summed E-state index contributed by atoms with van der Waals surface area (Å²) in [7, 11) is -1.96. The Hall–Kier alpha value is -2.23. The maximum atomic E-state index is 13.1. The van der Waals surface area contributed by atoms with Crippen LogP contribution in [0.5, 0.6) is 5.75 Å². The number of anilines is 1. The number of aryl methyl sites for hydroxylation is 3. The van der Waals surface area contributed by atoms with E-state index in [0.717, 1.165) is 35.7 Å². The number of piperazine rings is 1. The van der Waals surface area contributed by atoms with Gasteiger partial charge < -0.3 is 9.64 Å². The largest absolute Gasteiger partial charge is 0.497 e. The molecule has 5 rings (SSSR count). The van der Waals surface area contributed by atoms with Gasteiger partial charge in [0, 0.05) is 37.5 Å². The fraction of sp³-hybridized carbons (Fsp3) is 0.478. The molecule has 7 nitrogen and oxygen atoms in total. The van der Waals surface area contributed by atoms with E-state index < -0.39 is 10.0 Å². The van der Waals surface area contributed by atoms with E-state index in [1.54, 1.807) is 35.7 Å². The van der Waals surface area contributed by atoms with Crippen LogP contribution in [-0.2, 0) is 29.3 Å². The zero-order valence-corrected chi connectivity index (χ0v) is 20.1. The van der Waals surface area contributed by atoms with Crippen LogP contribution in [0.15, 0.2) is 29.2 Å². The molecular formula is C23H28N4O3S2. The molecule has 0 atom stereocenters. The SMILES string of the molecule is CCc1nc(N2CCN(S(=O)(=O)c3ccc(OC)cc3)CC2)c2c3c(sc2n1)CCCC3. The molecule has 3 heterocycles. The second-order valence-corrected chi connectivity index (χ2v) is 11.3. The maximum Gasteiger partial charge on any atom is 0.243 e. The minimum absolute atomic E-state index is 0.302. The van der Waals surface area contributed by atoms with Gasteiger partial charge in [-0.3, -0.25) is 0 Å². The van der Waals surface area contributed by atoms with Crippen LogP contribution in [-0.4, -0.2) is 56.0 Å². The van der Waals surface area contributed by atoms with Crippen LogP contribution in [0, 0.1) is 0 Å². The average molecular weight is 473 g/mol. The molecule has 1 aliphatic carbocycles. The highest BCUT2D eigenvalue weighted by Gasteiger charge is 2.31. The Balaban J connectivity index is 1.42. The summed E-state index contributed by atoms with van der Waals surface area (Å²) in [5.41, 5.74) is 1.42. The molecule has 0 unspecified atom stereocenters. The average Bonchev–Trinajstić information content (AvgIpc) is 3.22. The van der Waals surface area contributed by atoms with Crippen LogP contribution in [0.25, 0.3) is 10.2 Å². The lowest BCUT2D eigenvalue weighted by atomic mass is 9.97. The van der Waals surface area contributed by atoms with E-state index in [-0.39, 0.29) is 0 Å². The summed E-state index contributed by atoms with van der Waals surface area (Å²) in [5, 5.41) is 1.20. The van der Waals surface area contributed by atoms with E-state index in [9.17, 15) is 8.42 Å². The Morgan fingerprint density at radius 3 is 2.44 bits per heavy atom. The van der Waals surface area contributed by atoms with Gasteiger partial charge in [-0.1, -0.05) is 6.92 Å². The number of benzene rings is 1. The highest BCUT2D eigenvalue weighted by molar-refractivity contribution is 7.89. The van der Waals surface area contributed by atoms with Gasteiger partial charge >= 0.3 is 0 Å². The summed E-state index contributed by atoms with van der Waals surface area (Å²) in [6.07, 6.45) is 5.46. The highest BCUT2D eigenvalue weighted by atomic mass is 32.2. The number of aromatic nitrogens is 2. The molecule has 0 amide bonds. The summed E-state index contributed by atoms with van der Waals surface area (Å²) >= 11 is 1.82. The van der Waals surface area contributed by atoms with Gasteiger partial charge in [0.1, 0.15) is 22.2 Å². The quantitative estimate of drug-likeness (QED) is 0.564. The summed E-state index contributed by atoms with van der Waals surface area (Å²) in [6.45, 7) is 4.20. The van der Waals surface area contributed by atoms with Crippen LogP contribution in [0.1, 0.15) is 36.0 Å². The summed E-state index contributed by atoms with van der Waals surface area (Å²) in [4.78, 5) is 14.9. The number of rotatable bonds is 5. The van der Waals surface area contributed by atoms with Gasteiger partial charge in [-0.05, 0) is 55.5 Å². The number of hydrogen-bond donors (Lipinski definition) is 0. The molecule has 1 saturated heterocycles. The van der Waals surface area contributed by atoms with Gasteiger partial charge in [0.2, 0.25) is 10.0 Å². The van der Waals surface area contributed by atoms with Crippen molar-refractivity contribution in [2.45, 2.75) is 43.9 Å². The maximum absolute atomic E-state index is 13.1. The second-order valence-electron chi connectivity index (χ2n) is 8.27. The van der Waals surface area contributed by atoms with Crippen LogP contribution >= 0.6 is 11.3 Å². The van der Waals surface area contributed by atoms with Crippen LogP contribution in [0.4, 0.5) is 5.82 Å². The Morgan fingerprint density at radius 2 is 1.75 bits per heavy atom. The molecule has 9 heteroatoms. The van der Waals surface area contributed by atoms with Gasteiger partial charge in [-0.2, -0.15) is 4.31 Å². The van der Waals surface area contributed by atoms with Crippen LogP contribution in [0.2, 0.25) is 0 Å². The van der Waals surface area contributed by atoms with Gasteiger partial charge in [0.15, 0.2) is 0 Å². The third kappa shape index (κ3) is 3.76. The molecule has 170 valence electrons. The molecule has 0 spiro atoms. The van der Waals surface area contributed by atoms with Crippen molar-refractivity contribution in [3.05, 3.63) is 40.5 Å². The van der Waals surface area contributed by atoms with E-state index in [0.29, 0.717) is 36.8 Å². The van der Waals surface area contributed by atoms with Crippen molar-refractivity contribution < 1.29 is 13.2 Å². The first-order valence-corrected chi connectivity index (χ1v) is 13.5. The monoisotopic (exact) mass is 472 g/mol. The highest BCUT2D eigenvalue weighted by Crippen LogP contribution is 2.40. The van der Waals surface area contributed by atoms with Crippen molar-refractivity contribution >= 4 is 37.4 Å². The van der Waals surface area contributed by atoms with Crippen LogP contribution < -0.4 is 9.64 Å². The van der Waals surface area contributed by atoms with Crippen molar-refractivity contribution in [2.75, 3.05) is 38.2 Å². The molecule has 0 N–H and O–H groups in total. The van der Waals surface area contributed by atoms with E-state index >= 15 is 0 Å². The number of fused-ring (bicyclic) bond motifs is 3. The fourth-order valence-corrected chi connectivity index (χ4v) is 7.30. The van der Waals surface area contributed by atoms with Crippen molar-refractivity contribution in [1.82, 2.24) is 14.3 Å². The van der Waals surface area contributed by atoms with Crippen LogP contribution in [0.3, 0.4) is 0 Å². The van der Waals surface area contributed by atoms with E-state index in [4.69, 9.17) is 14.7 Å². The van der Waals surface area contributed by atoms with Gasteiger partial charge in [0.05, 0.1) is 17.4 Å². The predicted molar refractivity (Wildman–Crippen MR) is 127 cm³/mol. The van der Waals surface area contributed by atoms with Gasteiger partial charge in [-0.15, -0.1) is 11.3 Å². The third-order valence-electron chi connectivity index (χ3n) is 6.39. The topological polar surface area (TPSA) is 75.6 Å². The number of thiophene rings is 1. The predicted octanol–water partition coefficient (Wildman–Crippen LogP) is 3.65. The Bertz CT molecular complexity index is 1230.